The monoisotopic (exact) mass is 386 g/mol. The molecule has 3 heterocycles. The molecule has 0 aliphatic carbocycles. The minimum absolute atomic E-state index is 0.0193. The number of fused-ring (bicyclic) bond motifs is 3. The number of carbonyl (C=O) groups is 1. The third-order valence-electron chi connectivity index (χ3n) is 5.64. The fraction of sp³-hybridized carbons (Fsp3) is 0.250. The molecule has 1 amide bonds. The van der Waals surface area contributed by atoms with Crippen molar-refractivity contribution in [2.45, 2.75) is 25.1 Å². The van der Waals surface area contributed by atoms with E-state index in [1.54, 1.807) is 0 Å². The summed E-state index contributed by atoms with van der Waals surface area (Å²) in [4.78, 5) is 18.9. The first-order valence-corrected chi connectivity index (χ1v) is 9.90. The number of carbonyl (C=O) groups excluding carboxylic acids is 1. The van der Waals surface area contributed by atoms with Crippen LogP contribution in [-0.4, -0.2) is 41.3 Å². The highest BCUT2D eigenvalue weighted by atomic mass is 16.6. The summed E-state index contributed by atoms with van der Waals surface area (Å²) in [5, 5.41) is 2.31. The van der Waals surface area contributed by atoms with E-state index in [2.05, 4.69) is 35.3 Å². The van der Waals surface area contributed by atoms with Gasteiger partial charge in [-0.25, -0.2) is 4.79 Å². The van der Waals surface area contributed by atoms with Crippen LogP contribution >= 0.6 is 0 Å². The molecule has 5 heteroatoms. The van der Waals surface area contributed by atoms with Crippen LogP contribution in [0.2, 0.25) is 0 Å². The lowest BCUT2D eigenvalue weighted by molar-refractivity contribution is -0.0342. The minimum Gasteiger partial charge on any atom is -0.445 e. The topological polar surface area (TPSA) is 51.7 Å². The number of hydrogen-bond acceptors (Lipinski definition) is 4. The Kier molecular flexibility index (Phi) is 4.74. The Hall–Kier alpha value is -3.18. The standard InChI is InChI=1S/C24H22N2O3/c27-24(29-14-17-5-2-1-3-6-17)26-20-11-19(12-21(26)16-28-15-20)22-8-4-7-18-13-25-10-9-23(18)22/h1-11,13,20-21H,12,14-16H2. The maximum Gasteiger partial charge on any atom is 0.411 e. The van der Waals surface area contributed by atoms with Crippen LogP contribution in [0, 0.1) is 0 Å². The largest absolute Gasteiger partial charge is 0.445 e. The van der Waals surface area contributed by atoms with Gasteiger partial charge in [-0.05, 0) is 34.6 Å². The van der Waals surface area contributed by atoms with Gasteiger partial charge in [-0.2, -0.15) is 0 Å². The maximum atomic E-state index is 12.9. The fourth-order valence-corrected chi connectivity index (χ4v) is 4.28. The molecule has 1 aromatic heterocycles. The Morgan fingerprint density at radius 2 is 2.00 bits per heavy atom. The summed E-state index contributed by atoms with van der Waals surface area (Å²) in [5.41, 5.74) is 3.45. The molecule has 0 N–H and O–H groups in total. The SMILES string of the molecule is O=C(OCc1ccccc1)N1C2C=C(c3cccc4cnccc34)CC1COC2. The molecule has 1 saturated heterocycles. The first-order chi connectivity index (χ1) is 14.3. The van der Waals surface area contributed by atoms with E-state index < -0.39 is 0 Å². The number of amides is 1. The molecule has 2 bridgehead atoms. The van der Waals surface area contributed by atoms with Gasteiger partial charge in [0.15, 0.2) is 0 Å². The third kappa shape index (κ3) is 3.49. The van der Waals surface area contributed by atoms with Crippen molar-refractivity contribution in [3.63, 3.8) is 0 Å². The Morgan fingerprint density at radius 1 is 1.10 bits per heavy atom. The molecule has 0 radical (unpaired) electrons. The van der Waals surface area contributed by atoms with Crippen molar-refractivity contribution >= 4 is 22.4 Å². The first kappa shape index (κ1) is 17.9. The van der Waals surface area contributed by atoms with Gasteiger partial charge in [0.2, 0.25) is 0 Å². The second-order valence-corrected chi connectivity index (χ2v) is 7.50. The van der Waals surface area contributed by atoms with Crippen LogP contribution in [-0.2, 0) is 16.1 Å². The van der Waals surface area contributed by atoms with Gasteiger partial charge >= 0.3 is 6.09 Å². The first-order valence-electron chi connectivity index (χ1n) is 9.90. The molecule has 0 spiro atoms. The van der Waals surface area contributed by atoms with Crippen LogP contribution in [0.1, 0.15) is 17.5 Å². The van der Waals surface area contributed by atoms with E-state index >= 15 is 0 Å². The summed E-state index contributed by atoms with van der Waals surface area (Å²) < 4.78 is 11.4. The number of rotatable bonds is 3. The second-order valence-electron chi connectivity index (χ2n) is 7.50. The van der Waals surface area contributed by atoms with Crippen molar-refractivity contribution in [2.75, 3.05) is 13.2 Å². The zero-order valence-electron chi connectivity index (χ0n) is 16.0. The molecule has 3 aromatic rings. The quantitative estimate of drug-likeness (QED) is 0.668. The summed E-state index contributed by atoms with van der Waals surface area (Å²) in [6.45, 7) is 1.30. The maximum absolute atomic E-state index is 12.9. The van der Waals surface area contributed by atoms with Crippen LogP contribution < -0.4 is 0 Å². The number of aromatic nitrogens is 1. The molecule has 2 aliphatic heterocycles. The second kappa shape index (κ2) is 7.68. The average Bonchev–Trinajstić information content (AvgIpc) is 2.77. The van der Waals surface area contributed by atoms with Crippen molar-refractivity contribution in [3.05, 3.63) is 84.2 Å². The summed E-state index contributed by atoms with van der Waals surface area (Å²) in [5.74, 6) is 0. The van der Waals surface area contributed by atoms with E-state index in [4.69, 9.17) is 9.47 Å². The fourth-order valence-electron chi connectivity index (χ4n) is 4.28. The highest BCUT2D eigenvalue weighted by Gasteiger charge is 2.39. The van der Waals surface area contributed by atoms with Crippen molar-refractivity contribution in [1.82, 2.24) is 9.88 Å². The van der Waals surface area contributed by atoms with Gasteiger partial charge in [-0.15, -0.1) is 0 Å². The van der Waals surface area contributed by atoms with Crippen LogP contribution in [0.15, 0.2) is 73.1 Å². The van der Waals surface area contributed by atoms with Gasteiger partial charge in [0.1, 0.15) is 6.61 Å². The van der Waals surface area contributed by atoms with Crippen LogP contribution in [0.3, 0.4) is 0 Å². The lowest BCUT2D eigenvalue weighted by Crippen LogP contribution is -2.56. The number of nitrogens with zero attached hydrogens (tertiary/aromatic N) is 2. The number of hydrogen-bond donors (Lipinski definition) is 0. The summed E-state index contributed by atoms with van der Waals surface area (Å²) in [6, 6.07) is 18.0. The predicted molar refractivity (Wildman–Crippen MR) is 111 cm³/mol. The van der Waals surface area contributed by atoms with E-state index in [0.29, 0.717) is 13.2 Å². The average molecular weight is 386 g/mol. The lowest BCUT2D eigenvalue weighted by atomic mass is 9.88. The number of pyridine rings is 1. The van der Waals surface area contributed by atoms with E-state index in [-0.39, 0.29) is 24.8 Å². The highest BCUT2D eigenvalue weighted by molar-refractivity contribution is 5.94. The highest BCUT2D eigenvalue weighted by Crippen LogP contribution is 2.35. The van der Waals surface area contributed by atoms with E-state index in [0.717, 1.165) is 17.4 Å². The zero-order chi connectivity index (χ0) is 19.6. The number of benzene rings is 2. The molecule has 5 nitrogen and oxygen atoms in total. The molecule has 2 aromatic carbocycles. The van der Waals surface area contributed by atoms with Crippen molar-refractivity contribution in [2.24, 2.45) is 0 Å². The molecule has 0 saturated carbocycles. The van der Waals surface area contributed by atoms with Gasteiger partial charge in [0.05, 0.1) is 25.3 Å². The van der Waals surface area contributed by atoms with Crippen molar-refractivity contribution in [1.29, 1.82) is 0 Å². The third-order valence-corrected chi connectivity index (χ3v) is 5.64. The molecule has 146 valence electrons. The Balaban J connectivity index is 1.40. The zero-order valence-corrected chi connectivity index (χ0v) is 16.0. The Bertz CT molecular complexity index is 1060. The van der Waals surface area contributed by atoms with E-state index in [9.17, 15) is 4.79 Å². The molecule has 1 fully saturated rings. The van der Waals surface area contributed by atoms with Crippen LogP contribution in [0.4, 0.5) is 4.79 Å². The molecule has 29 heavy (non-hydrogen) atoms. The Labute approximate surface area is 169 Å². The number of ether oxygens (including phenoxy) is 2. The minimum atomic E-state index is -0.274. The van der Waals surface area contributed by atoms with Crippen LogP contribution in [0.5, 0.6) is 0 Å². The molecule has 2 aliphatic rings. The van der Waals surface area contributed by atoms with E-state index in [1.165, 1.54) is 16.5 Å². The van der Waals surface area contributed by atoms with E-state index in [1.807, 2.05) is 47.6 Å². The van der Waals surface area contributed by atoms with Gasteiger partial charge < -0.3 is 9.47 Å². The van der Waals surface area contributed by atoms with Gasteiger partial charge in [-0.3, -0.25) is 9.88 Å². The normalized spacial score (nSPS) is 21.0. The van der Waals surface area contributed by atoms with Crippen molar-refractivity contribution < 1.29 is 14.3 Å². The molecular formula is C24H22N2O3. The van der Waals surface area contributed by atoms with Crippen molar-refractivity contribution in [3.8, 4) is 0 Å². The predicted octanol–water partition coefficient (Wildman–Crippen LogP) is 4.43. The molecular weight excluding hydrogens is 364 g/mol. The van der Waals surface area contributed by atoms with Crippen LogP contribution in [0.25, 0.3) is 16.3 Å². The number of morpholine rings is 1. The molecule has 5 rings (SSSR count). The summed E-state index contributed by atoms with van der Waals surface area (Å²) >= 11 is 0. The lowest BCUT2D eigenvalue weighted by Gasteiger charge is -2.44. The summed E-state index contributed by atoms with van der Waals surface area (Å²) in [6.07, 6.45) is 6.35. The smallest absolute Gasteiger partial charge is 0.411 e. The van der Waals surface area contributed by atoms with Gasteiger partial charge in [0.25, 0.3) is 0 Å². The molecule has 2 atom stereocenters. The van der Waals surface area contributed by atoms with Gasteiger partial charge in [0, 0.05) is 17.8 Å². The summed E-state index contributed by atoms with van der Waals surface area (Å²) in [7, 11) is 0. The molecule has 2 unspecified atom stereocenters. The van der Waals surface area contributed by atoms with Gasteiger partial charge in [-0.1, -0.05) is 54.6 Å². The Morgan fingerprint density at radius 3 is 2.86 bits per heavy atom.